The molecular weight excluding hydrogens is 365 g/mol. The SMILES string of the molecule is Nc1nc(COC(=O)/C=C/c2ccccc2F)nc2sc3c(c12)CCCC3. The van der Waals surface area contributed by atoms with Crippen LogP contribution in [-0.2, 0) is 29.0 Å². The Morgan fingerprint density at radius 3 is 2.93 bits per heavy atom. The van der Waals surface area contributed by atoms with Crippen LogP contribution in [0.2, 0.25) is 0 Å². The van der Waals surface area contributed by atoms with E-state index in [1.807, 2.05) is 0 Å². The molecule has 0 aliphatic heterocycles. The molecule has 1 aromatic carbocycles. The second kappa shape index (κ2) is 7.44. The van der Waals surface area contributed by atoms with E-state index in [0.29, 0.717) is 17.2 Å². The number of thiophene rings is 1. The van der Waals surface area contributed by atoms with E-state index in [2.05, 4.69) is 9.97 Å². The predicted molar refractivity (Wildman–Crippen MR) is 104 cm³/mol. The van der Waals surface area contributed by atoms with Gasteiger partial charge in [-0.1, -0.05) is 18.2 Å². The summed E-state index contributed by atoms with van der Waals surface area (Å²) < 4.78 is 18.7. The Labute approximate surface area is 159 Å². The molecule has 0 fully saturated rings. The number of hydrogen-bond acceptors (Lipinski definition) is 6. The third kappa shape index (κ3) is 3.68. The maximum Gasteiger partial charge on any atom is 0.331 e. The first-order valence-electron chi connectivity index (χ1n) is 8.78. The summed E-state index contributed by atoms with van der Waals surface area (Å²) >= 11 is 1.64. The van der Waals surface area contributed by atoms with Gasteiger partial charge in [-0.3, -0.25) is 0 Å². The highest BCUT2D eigenvalue weighted by Crippen LogP contribution is 2.37. The van der Waals surface area contributed by atoms with Crippen LogP contribution in [-0.4, -0.2) is 15.9 Å². The quantitative estimate of drug-likeness (QED) is 0.543. The summed E-state index contributed by atoms with van der Waals surface area (Å²) in [5.74, 6) is -0.186. The van der Waals surface area contributed by atoms with Crippen LogP contribution in [0.15, 0.2) is 30.3 Å². The zero-order valence-electron chi connectivity index (χ0n) is 14.6. The van der Waals surface area contributed by atoms with Crippen molar-refractivity contribution in [3.05, 3.63) is 58.0 Å². The smallest absolute Gasteiger partial charge is 0.331 e. The number of anilines is 1. The molecule has 3 aromatic rings. The number of benzene rings is 1. The van der Waals surface area contributed by atoms with Gasteiger partial charge in [0.05, 0.1) is 5.39 Å². The van der Waals surface area contributed by atoms with Gasteiger partial charge in [-0.2, -0.15) is 0 Å². The zero-order chi connectivity index (χ0) is 18.8. The van der Waals surface area contributed by atoms with Crippen LogP contribution in [0.3, 0.4) is 0 Å². The number of halogens is 1. The number of fused-ring (bicyclic) bond motifs is 3. The van der Waals surface area contributed by atoms with Gasteiger partial charge < -0.3 is 10.5 Å². The van der Waals surface area contributed by atoms with Crippen molar-refractivity contribution in [1.29, 1.82) is 0 Å². The van der Waals surface area contributed by atoms with Gasteiger partial charge in [0.15, 0.2) is 12.4 Å². The number of carbonyl (C=O) groups excluding carboxylic acids is 1. The lowest BCUT2D eigenvalue weighted by Gasteiger charge is -2.10. The third-order valence-electron chi connectivity index (χ3n) is 4.54. The van der Waals surface area contributed by atoms with E-state index in [1.165, 1.54) is 35.1 Å². The van der Waals surface area contributed by atoms with Crippen LogP contribution in [0.5, 0.6) is 0 Å². The van der Waals surface area contributed by atoms with Crippen LogP contribution in [0.4, 0.5) is 10.2 Å². The molecule has 4 rings (SSSR count). The molecule has 5 nitrogen and oxygen atoms in total. The lowest BCUT2D eigenvalue weighted by atomic mass is 9.97. The molecule has 0 amide bonds. The Kier molecular flexibility index (Phi) is 4.85. The maximum absolute atomic E-state index is 13.5. The fourth-order valence-corrected chi connectivity index (χ4v) is 4.54. The lowest BCUT2D eigenvalue weighted by Crippen LogP contribution is -2.07. The van der Waals surface area contributed by atoms with E-state index in [0.717, 1.165) is 29.5 Å². The largest absolute Gasteiger partial charge is 0.454 e. The lowest BCUT2D eigenvalue weighted by molar-refractivity contribution is -0.139. The van der Waals surface area contributed by atoms with Gasteiger partial charge in [-0.05, 0) is 43.4 Å². The van der Waals surface area contributed by atoms with Gasteiger partial charge in [0.2, 0.25) is 0 Å². The highest BCUT2D eigenvalue weighted by molar-refractivity contribution is 7.19. The second-order valence-corrected chi connectivity index (χ2v) is 7.46. The summed E-state index contributed by atoms with van der Waals surface area (Å²) in [5.41, 5.74) is 7.74. The Bertz CT molecular complexity index is 1050. The summed E-state index contributed by atoms with van der Waals surface area (Å²) in [4.78, 5) is 22.9. The number of nitrogen functional groups attached to an aromatic ring is 1. The summed E-state index contributed by atoms with van der Waals surface area (Å²) in [6, 6.07) is 6.19. The zero-order valence-corrected chi connectivity index (χ0v) is 15.4. The average molecular weight is 383 g/mol. The number of nitrogens with zero attached hydrogens (tertiary/aromatic N) is 2. The third-order valence-corrected chi connectivity index (χ3v) is 5.72. The number of aromatic nitrogens is 2. The molecule has 2 N–H and O–H groups in total. The molecule has 0 spiro atoms. The molecule has 0 radical (unpaired) electrons. The summed E-state index contributed by atoms with van der Waals surface area (Å²) in [7, 11) is 0. The minimum absolute atomic E-state index is 0.0802. The second-order valence-electron chi connectivity index (χ2n) is 6.38. The summed E-state index contributed by atoms with van der Waals surface area (Å²) in [6.45, 7) is -0.0802. The van der Waals surface area contributed by atoms with E-state index in [1.54, 1.807) is 29.5 Å². The number of esters is 1. The number of aryl methyl sites for hydroxylation is 2. The first kappa shape index (κ1) is 17.6. The standard InChI is InChI=1S/C20H18FN3O2S/c21-14-7-3-1-5-12(14)9-10-17(25)26-11-16-23-19(22)18-13-6-2-4-8-15(13)27-20(18)24-16/h1,3,5,7,9-10H,2,4,6,8,11H2,(H2,22,23,24)/b10-9+. The van der Waals surface area contributed by atoms with Crippen molar-refractivity contribution in [3.8, 4) is 0 Å². The van der Waals surface area contributed by atoms with Gasteiger partial charge >= 0.3 is 5.97 Å². The topological polar surface area (TPSA) is 78.1 Å². The van der Waals surface area contributed by atoms with E-state index >= 15 is 0 Å². The van der Waals surface area contributed by atoms with Crippen molar-refractivity contribution >= 4 is 39.4 Å². The summed E-state index contributed by atoms with van der Waals surface area (Å²) in [5, 5.41) is 0.948. The fraction of sp³-hybridized carbons (Fsp3) is 0.250. The molecule has 2 heterocycles. The van der Waals surface area contributed by atoms with Crippen LogP contribution in [0.25, 0.3) is 16.3 Å². The number of ether oxygens (including phenoxy) is 1. The predicted octanol–water partition coefficient (Wildman–Crippen LogP) is 4.05. The molecule has 1 aliphatic rings. The molecule has 0 atom stereocenters. The van der Waals surface area contributed by atoms with Crippen molar-refractivity contribution in [3.63, 3.8) is 0 Å². The Morgan fingerprint density at radius 1 is 1.26 bits per heavy atom. The molecule has 0 unspecified atom stereocenters. The molecule has 27 heavy (non-hydrogen) atoms. The van der Waals surface area contributed by atoms with Crippen LogP contribution < -0.4 is 5.73 Å². The summed E-state index contributed by atoms with van der Waals surface area (Å²) in [6.07, 6.45) is 6.98. The molecule has 0 bridgehead atoms. The van der Waals surface area contributed by atoms with Gasteiger partial charge in [0.1, 0.15) is 16.5 Å². The van der Waals surface area contributed by atoms with E-state index < -0.39 is 11.8 Å². The van der Waals surface area contributed by atoms with Crippen molar-refractivity contribution < 1.29 is 13.9 Å². The van der Waals surface area contributed by atoms with Gasteiger partial charge in [-0.25, -0.2) is 19.2 Å². The minimum atomic E-state index is -0.592. The molecule has 2 aromatic heterocycles. The maximum atomic E-state index is 13.5. The monoisotopic (exact) mass is 383 g/mol. The highest BCUT2D eigenvalue weighted by Gasteiger charge is 2.20. The average Bonchev–Trinajstić information content (AvgIpc) is 3.04. The number of nitrogens with two attached hydrogens (primary N) is 1. The van der Waals surface area contributed by atoms with Gasteiger partial charge in [-0.15, -0.1) is 11.3 Å². The van der Waals surface area contributed by atoms with Crippen LogP contribution in [0, 0.1) is 5.82 Å². The molecule has 7 heteroatoms. The minimum Gasteiger partial charge on any atom is -0.454 e. The Hall–Kier alpha value is -2.80. The Morgan fingerprint density at radius 2 is 2.07 bits per heavy atom. The van der Waals surface area contributed by atoms with Crippen molar-refractivity contribution in [2.45, 2.75) is 32.3 Å². The molecular formula is C20H18FN3O2S. The van der Waals surface area contributed by atoms with Gasteiger partial charge in [0.25, 0.3) is 0 Å². The normalized spacial score (nSPS) is 13.8. The van der Waals surface area contributed by atoms with E-state index in [9.17, 15) is 9.18 Å². The number of rotatable bonds is 4. The van der Waals surface area contributed by atoms with Crippen LogP contribution in [0.1, 0.15) is 34.7 Å². The van der Waals surface area contributed by atoms with Crippen molar-refractivity contribution in [1.82, 2.24) is 9.97 Å². The molecule has 0 saturated carbocycles. The van der Waals surface area contributed by atoms with Crippen molar-refractivity contribution in [2.75, 3.05) is 5.73 Å². The van der Waals surface area contributed by atoms with Crippen molar-refractivity contribution in [2.24, 2.45) is 0 Å². The van der Waals surface area contributed by atoms with Gasteiger partial charge in [0, 0.05) is 16.5 Å². The van der Waals surface area contributed by atoms with E-state index in [4.69, 9.17) is 10.5 Å². The fourth-order valence-electron chi connectivity index (χ4n) is 3.25. The number of hydrogen-bond donors (Lipinski definition) is 1. The molecule has 1 aliphatic carbocycles. The Balaban J connectivity index is 1.47. The first-order chi connectivity index (χ1) is 13.1. The highest BCUT2D eigenvalue weighted by atomic mass is 32.1. The van der Waals surface area contributed by atoms with Crippen LogP contribution >= 0.6 is 11.3 Å². The number of carbonyl (C=O) groups is 1. The van der Waals surface area contributed by atoms with E-state index in [-0.39, 0.29) is 6.61 Å². The molecule has 0 saturated heterocycles. The molecule has 138 valence electrons. The first-order valence-corrected chi connectivity index (χ1v) is 9.59.